The molecular formula is C12H26O3S. The molecule has 0 spiro atoms. The number of rotatable bonds is 10. The fourth-order valence-electron chi connectivity index (χ4n) is 1.48. The van der Waals surface area contributed by atoms with Gasteiger partial charge < -0.3 is 0 Å². The summed E-state index contributed by atoms with van der Waals surface area (Å²) in [6.07, 6.45) is 5.93. The Morgan fingerprint density at radius 1 is 1.06 bits per heavy atom. The average molecular weight is 250 g/mol. The van der Waals surface area contributed by atoms with Crippen molar-refractivity contribution in [2.24, 2.45) is 5.92 Å². The van der Waals surface area contributed by atoms with E-state index in [9.17, 15) is 8.42 Å². The maximum absolute atomic E-state index is 11.5. The summed E-state index contributed by atoms with van der Waals surface area (Å²) in [5.74, 6) is 0.546. The van der Waals surface area contributed by atoms with Crippen LogP contribution in [0.25, 0.3) is 0 Å². The summed E-state index contributed by atoms with van der Waals surface area (Å²) in [4.78, 5) is 0. The van der Waals surface area contributed by atoms with Crippen LogP contribution in [0.5, 0.6) is 0 Å². The molecule has 0 aliphatic heterocycles. The molecule has 4 heteroatoms. The molecule has 1 atom stereocenters. The van der Waals surface area contributed by atoms with Crippen LogP contribution in [0.4, 0.5) is 0 Å². The first kappa shape index (κ1) is 15.9. The molecular weight excluding hydrogens is 224 g/mol. The van der Waals surface area contributed by atoms with Crippen molar-refractivity contribution in [3.63, 3.8) is 0 Å². The van der Waals surface area contributed by atoms with Crippen LogP contribution in [0.1, 0.15) is 59.3 Å². The summed E-state index contributed by atoms with van der Waals surface area (Å²) < 4.78 is 28.0. The number of hydrogen-bond acceptors (Lipinski definition) is 3. The molecule has 0 aromatic heterocycles. The van der Waals surface area contributed by atoms with Gasteiger partial charge in [-0.25, -0.2) is 0 Å². The molecule has 0 rings (SSSR count). The third kappa shape index (κ3) is 8.11. The fraction of sp³-hybridized carbons (Fsp3) is 1.00. The Morgan fingerprint density at radius 3 is 2.19 bits per heavy atom. The minimum absolute atomic E-state index is 0.160. The fourth-order valence-corrected chi connectivity index (χ4v) is 2.64. The average Bonchev–Trinajstić information content (AvgIpc) is 2.27. The quantitative estimate of drug-likeness (QED) is 0.558. The highest BCUT2D eigenvalue weighted by molar-refractivity contribution is 7.86. The molecule has 0 heterocycles. The Bertz CT molecular complexity index is 247. The predicted molar refractivity (Wildman–Crippen MR) is 68.0 cm³/mol. The van der Waals surface area contributed by atoms with E-state index in [0.717, 1.165) is 32.1 Å². The van der Waals surface area contributed by atoms with E-state index in [4.69, 9.17) is 4.18 Å². The summed E-state index contributed by atoms with van der Waals surface area (Å²) >= 11 is 0. The van der Waals surface area contributed by atoms with Crippen LogP contribution in [-0.2, 0) is 14.3 Å². The number of unbranched alkanes of at least 4 members (excludes halogenated alkanes) is 2. The maximum Gasteiger partial charge on any atom is 0.267 e. The smallest absolute Gasteiger partial charge is 0.267 e. The minimum Gasteiger partial charge on any atom is -0.270 e. The largest absolute Gasteiger partial charge is 0.270 e. The van der Waals surface area contributed by atoms with E-state index in [1.165, 1.54) is 0 Å². The van der Waals surface area contributed by atoms with Crippen LogP contribution in [0, 0.1) is 5.92 Å². The molecule has 0 bridgehead atoms. The van der Waals surface area contributed by atoms with Gasteiger partial charge in [-0.1, -0.05) is 46.5 Å². The van der Waals surface area contributed by atoms with Crippen LogP contribution in [-0.4, -0.2) is 20.8 Å². The molecule has 16 heavy (non-hydrogen) atoms. The highest BCUT2D eigenvalue weighted by Gasteiger charge is 2.14. The van der Waals surface area contributed by atoms with Gasteiger partial charge in [0.1, 0.15) is 0 Å². The first-order valence-corrected chi connectivity index (χ1v) is 8.00. The summed E-state index contributed by atoms with van der Waals surface area (Å²) in [5, 5.41) is 0. The SMILES string of the molecule is CCCCC(CC)COS(=O)(=O)CCCC. The van der Waals surface area contributed by atoms with Gasteiger partial charge in [-0.3, -0.25) is 4.18 Å². The van der Waals surface area contributed by atoms with Gasteiger partial charge in [0.15, 0.2) is 0 Å². The minimum atomic E-state index is -3.27. The Morgan fingerprint density at radius 2 is 1.69 bits per heavy atom. The molecule has 98 valence electrons. The van der Waals surface area contributed by atoms with Crippen molar-refractivity contribution < 1.29 is 12.6 Å². The van der Waals surface area contributed by atoms with Gasteiger partial charge in [0.25, 0.3) is 10.1 Å². The van der Waals surface area contributed by atoms with Crippen molar-refractivity contribution in [3.8, 4) is 0 Å². The normalized spacial score (nSPS) is 13.9. The number of hydrogen-bond donors (Lipinski definition) is 0. The van der Waals surface area contributed by atoms with E-state index >= 15 is 0 Å². The Kier molecular flexibility index (Phi) is 8.94. The lowest BCUT2D eigenvalue weighted by Crippen LogP contribution is -2.16. The first-order valence-electron chi connectivity index (χ1n) is 6.42. The van der Waals surface area contributed by atoms with Crippen molar-refractivity contribution in [1.82, 2.24) is 0 Å². The van der Waals surface area contributed by atoms with Gasteiger partial charge in [-0.05, 0) is 18.8 Å². The molecule has 0 amide bonds. The van der Waals surface area contributed by atoms with Crippen molar-refractivity contribution in [2.45, 2.75) is 59.3 Å². The van der Waals surface area contributed by atoms with Gasteiger partial charge in [0, 0.05) is 0 Å². The van der Waals surface area contributed by atoms with E-state index in [1.54, 1.807) is 0 Å². The molecule has 0 aromatic carbocycles. The molecule has 0 radical (unpaired) electrons. The molecule has 0 aromatic rings. The summed E-state index contributed by atoms with van der Waals surface area (Å²) in [5.41, 5.74) is 0. The molecule has 0 saturated heterocycles. The predicted octanol–water partition coefficient (Wildman–Crippen LogP) is 3.35. The van der Waals surface area contributed by atoms with E-state index in [0.29, 0.717) is 18.9 Å². The van der Waals surface area contributed by atoms with Crippen LogP contribution >= 0.6 is 0 Å². The zero-order valence-electron chi connectivity index (χ0n) is 10.9. The third-order valence-electron chi connectivity index (χ3n) is 2.77. The van der Waals surface area contributed by atoms with E-state index in [2.05, 4.69) is 13.8 Å². The van der Waals surface area contributed by atoms with E-state index in [1.807, 2.05) is 6.92 Å². The van der Waals surface area contributed by atoms with Crippen LogP contribution in [0.15, 0.2) is 0 Å². The highest BCUT2D eigenvalue weighted by atomic mass is 32.2. The van der Waals surface area contributed by atoms with Crippen LogP contribution in [0.2, 0.25) is 0 Å². The first-order chi connectivity index (χ1) is 7.55. The van der Waals surface area contributed by atoms with Gasteiger partial charge in [-0.2, -0.15) is 8.42 Å². The van der Waals surface area contributed by atoms with E-state index < -0.39 is 10.1 Å². The monoisotopic (exact) mass is 250 g/mol. The molecule has 1 unspecified atom stereocenters. The zero-order chi connectivity index (χ0) is 12.4. The molecule has 0 fully saturated rings. The summed E-state index contributed by atoms with van der Waals surface area (Å²) in [6.45, 7) is 6.57. The highest BCUT2D eigenvalue weighted by Crippen LogP contribution is 2.14. The second kappa shape index (κ2) is 8.99. The van der Waals surface area contributed by atoms with Gasteiger partial charge in [-0.15, -0.1) is 0 Å². The maximum atomic E-state index is 11.5. The van der Waals surface area contributed by atoms with Crippen molar-refractivity contribution >= 4 is 10.1 Å². The Labute approximate surface area is 101 Å². The van der Waals surface area contributed by atoms with Crippen molar-refractivity contribution in [1.29, 1.82) is 0 Å². The molecule has 0 aliphatic rings. The lowest BCUT2D eigenvalue weighted by Gasteiger charge is -2.14. The zero-order valence-corrected chi connectivity index (χ0v) is 11.7. The van der Waals surface area contributed by atoms with E-state index in [-0.39, 0.29) is 5.75 Å². The van der Waals surface area contributed by atoms with Crippen molar-refractivity contribution in [3.05, 3.63) is 0 Å². The molecule has 3 nitrogen and oxygen atoms in total. The second-order valence-electron chi connectivity index (χ2n) is 4.32. The van der Waals surface area contributed by atoms with Crippen LogP contribution in [0.3, 0.4) is 0 Å². The standard InChI is InChI=1S/C12H26O3S/c1-4-7-9-12(6-3)11-15-16(13,14)10-8-5-2/h12H,4-11H2,1-3H3. The topological polar surface area (TPSA) is 43.4 Å². The molecule has 0 saturated carbocycles. The van der Waals surface area contributed by atoms with Gasteiger partial charge in [0.05, 0.1) is 12.4 Å². The molecule has 0 N–H and O–H groups in total. The lowest BCUT2D eigenvalue weighted by molar-refractivity contribution is 0.238. The van der Waals surface area contributed by atoms with Gasteiger partial charge in [0.2, 0.25) is 0 Å². The third-order valence-corrected chi connectivity index (χ3v) is 4.06. The Hall–Kier alpha value is -0.0900. The summed E-state index contributed by atoms with van der Waals surface area (Å²) in [6, 6.07) is 0. The second-order valence-corrected chi connectivity index (χ2v) is 6.08. The van der Waals surface area contributed by atoms with Gasteiger partial charge >= 0.3 is 0 Å². The van der Waals surface area contributed by atoms with Crippen LogP contribution < -0.4 is 0 Å². The molecule has 0 aliphatic carbocycles. The van der Waals surface area contributed by atoms with Crippen molar-refractivity contribution in [2.75, 3.05) is 12.4 Å². The lowest BCUT2D eigenvalue weighted by atomic mass is 10.0. The Balaban J connectivity index is 3.90. The summed E-state index contributed by atoms with van der Waals surface area (Å²) in [7, 11) is -3.27.